The Morgan fingerprint density at radius 3 is 2.60 bits per heavy atom. The largest absolute Gasteiger partial charge is 0.310 e. The van der Waals surface area contributed by atoms with Gasteiger partial charge in [-0.3, -0.25) is 4.98 Å². The van der Waals surface area contributed by atoms with Crippen molar-refractivity contribution in [3.8, 4) is 0 Å². The van der Waals surface area contributed by atoms with Crippen LogP contribution in [0.4, 0.5) is 0 Å². The van der Waals surface area contributed by atoms with Crippen LogP contribution in [0.2, 0.25) is 5.02 Å². The summed E-state index contributed by atoms with van der Waals surface area (Å²) in [5.41, 5.74) is 3.72. The molecule has 0 amide bonds. The Labute approximate surface area is 126 Å². The highest BCUT2D eigenvalue weighted by atomic mass is 35.5. The lowest BCUT2D eigenvalue weighted by atomic mass is 9.98. The molecule has 0 saturated heterocycles. The molecule has 0 bridgehead atoms. The first-order valence-electron chi connectivity index (χ1n) is 7.09. The van der Waals surface area contributed by atoms with Crippen molar-refractivity contribution in [1.29, 1.82) is 0 Å². The Bertz CT molecular complexity index is 537. The fraction of sp³-hybridized carbons (Fsp3) is 0.353. The first-order chi connectivity index (χ1) is 9.70. The van der Waals surface area contributed by atoms with Crippen LogP contribution in [0, 0.1) is 6.92 Å². The van der Waals surface area contributed by atoms with E-state index in [2.05, 4.69) is 48.4 Å². The average molecular weight is 289 g/mol. The fourth-order valence-electron chi connectivity index (χ4n) is 2.21. The molecule has 0 aliphatic rings. The summed E-state index contributed by atoms with van der Waals surface area (Å²) in [6, 6.07) is 11.0. The Balaban J connectivity index is 2.19. The van der Waals surface area contributed by atoms with Crippen molar-refractivity contribution in [3.63, 3.8) is 0 Å². The monoisotopic (exact) mass is 288 g/mol. The van der Waals surface area contributed by atoms with Crippen LogP contribution in [0.3, 0.4) is 0 Å². The van der Waals surface area contributed by atoms with Crippen molar-refractivity contribution in [2.45, 2.75) is 32.7 Å². The number of nitrogens with one attached hydrogen (secondary N) is 1. The second-order valence-corrected chi connectivity index (χ2v) is 5.50. The maximum atomic E-state index is 6.22. The van der Waals surface area contributed by atoms with Gasteiger partial charge >= 0.3 is 0 Å². The van der Waals surface area contributed by atoms with Gasteiger partial charge in [-0.05, 0) is 43.5 Å². The molecule has 1 heterocycles. The Morgan fingerprint density at radius 2 is 1.95 bits per heavy atom. The topological polar surface area (TPSA) is 24.9 Å². The standard InChI is InChI=1S/C17H21ClN2/c1-3-9-20-17(14-6-4-13(2)5-7-14)11-15-8-10-19-12-16(15)18/h4-8,10,12,17,20H,3,9,11H2,1-2H3. The first kappa shape index (κ1) is 15.0. The minimum absolute atomic E-state index is 0.287. The van der Waals surface area contributed by atoms with Crippen molar-refractivity contribution in [3.05, 3.63) is 64.4 Å². The van der Waals surface area contributed by atoms with Crippen LogP contribution in [0.1, 0.15) is 36.1 Å². The number of halogens is 1. The maximum Gasteiger partial charge on any atom is 0.0622 e. The van der Waals surface area contributed by atoms with E-state index in [0.717, 1.165) is 30.0 Å². The van der Waals surface area contributed by atoms with Crippen LogP contribution in [-0.2, 0) is 6.42 Å². The predicted molar refractivity (Wildman–Crippen MR) is 85.2 cm³/mol. The van der Waals surface area contributed by atoms with Gasteiger partial charge in [-0.15, -0.1) is 0 Å². The van der Waals surface area contributed by atoms with E-state index in [1.165, 1.54) is 11.1 Å². The van der Waals surface area contributed by atoms with E-state index in [1.54, 1.807) is 12.4 Å². The number of aromatic nitrogens is 1. The summed E-state index contributed by atoms with van der Waals surface area (Å²) in [6.45, 7) is 5.29. The highest BCUT2D eigenvalue weighted by molar-refractivity contribution is 6.31. The minimum Gasteiger partial charge on any atom is -0.310 e. The molecular formula is C17H21ClN2. The first-order valence-corrected chi connectivity index (χ1v) is 7.47. The predicted octanol–water partition coefficient (Wildman–Crippen LogP) is 4.33. The fourth-order valence-corrected chi connectivity index (χ4v) is 2.41. The van der Waals surface area contributed by atoms with E-state index in [9.17, 15) is 0 Å². The lowest BCUT2D eigenvalue weighted by molar-refractivity contribution is 0.529. The number of rotatable bonds is 6. The van der Waals surface area contributed by atoms with Gasteiger partial charge in [0.1, 0.15) is 0 Å². The Morgan fingerprint density at radius 1 is 1.20 bits per heavy atom. The van der Waals surface area contributed by atoms with E-state index < -0.39 is 0 Å². The Hall–Kier alpha value is -1.38. The average Bonchev–Trinajstić information content (AvgIpc) is 2.46. The zero-order chi connectivity index (χ0) is 14.4. The highest BCUT2D eigenvalue weighted by Crippen LogP contribution is 2.23. The molecule has 0 saturated carbocycles. The third kappa shape index (κ3) is 4.06. The molecule has 0 aliphatic heterocycles. The number of hydrogen-bond donors (Lipinski definition) is 1. The molecule has 0 fully saturated rings. The van der Waals surface area contributed by atoms with E-state index in [4.69, 9.17) is 11.6 Å². The van der Waals surface area contributed by atoms with Gasteiger partial charge in [-0.25, -0.2) is 0 Å². The zero-order valence-corrected chi connectivity index (χ0v) is 12.8. The maximum absolute atomic E-state index is 6.22. The second-order valence-electron chi connectivity index (χ2n) is 5.09. The molecule has 2 nitrogen and oxygen atoms in total. The molecule has 2 aromatic rings. The summed E-state index contributed by atoms with van der Waals surface area (Å²) in [6.07, 6.45) is 5.51. The third-order valence-electron chi connectivity index (χ3n) is 3.40. The molecule has 0 radical (unpaired) electrons. The van der Waals surface area contributed by atoms with Crippen LogP contribution in [0.15, 0.2) is 42.7 Å². The van der Waals surface area contributed by atoms with Crippen molar-refractivity contribution < 1.29 is 0 Å². The molecule has 1 N–H and O–H groups in total. The SMILES string of the molecule is CCCNC(Cc1ccncc1Cl)c1ccc(C)cc1. The molecule has 1 aromatic heterocycles. The van der Waals surface area contributed by atoms with Crippen molar-refractivity contribution in [2.24, 2.45) is 0 Å². The number of nitrogens with zero attached hydrogens (tertiary/aromatic N) is 1. The lowest BCUT2D eigenvalue weighted by Gasteiger charge is -2.20. The van der Waals surface area contributed by atoms with Crippen molar-refractivity contribution in [2.75, 3.05) is 6.54 Å². The number of pyridine rings is 1. The van der Waals surface area contributed by atoms with Gasteiger partial charge < -0.3 is 5.32 Å². The summed E-state index contributed by atoms with van der Waals surface area (Å²) >= 11 is 6.22. The van der Waals surface area contributed by atoms with E-state index in [1.807, 2.05) is 6.07 Å². The smallest absolute Gasteiger partial charge is 0.0622 e. The summed E-state index contributed by atoms with van der Waals surface area (Å²) in [7, 11) is 0. The molecule has 20 heavy (non-hydrogen) atoms. The molecule has 3 heteroatoms. The number of benzene rings is 1. The van der Waals surface area contributed by atoms with Crippen LogP contribution in [-0.4, -0.2) is 11.5 Å². The molecule has 1 unspecified atom stereocenters. The van der Waals surface area contributed by atoms with Crippen molar-refractivity contribution in [1.82, 2.24) is 10.3 Å². The molecular weight excluding hydrogens is 268 g/mol. The van der Waals surface area contributed by atoms with Crippen LogP contribution in [0.25, 0.3) is 0 Å². The van der Waals surface area contributed by atoms with Gasteiger partial charge in [0.25, 0.3) is 0 Å². The molecule has 0 aliphatic carbocycles. The molecule has 106 valence electrons. The quantitative estimate of drug-likeness (QED) is 0.856. The van der Waals surface area contributed by atoms with Gasteiger partial charge in [-0.2, -0.15) is 0 Å². The normalized spacial score (nSPS) is 12.3. The summed E-state index contributed by atoms with van der Waals surface area (Å²) in [5, 5.41) is 4.34. The minimum atomic E-state index is 0.287. The summed E-state index contributed by atoms with van der Waals surface area (Å²) in [4.78, 5) is 4.05. The van der Waals surface area contributed by atoms with Gasteiger partial charge in [0.15, 0.2) is 0 Å². The number of hydrogen-bond acceptors (Lipinski definition) is 2. The van der Waals surface area contributed by atoms with Gasteiger partial charge in [0, 0.05) is 18.4 Å². The zero-order valence-electron chi connectivity index (χ0n) is 12.1. The van der Waals surface area contributed by atoms with Crippen molar-refractivity contribution >= 4 is 11.6 Å². The molecule has 0 spiro atoms. The van der Waals surface area contributed by atoms with Crippen LogP contribution < -0.4 is 5.32 Å². The van der Waals surface area contributed by atoms with E-state index in [0.29, 0.717) is 0 Å². The third-order valence-corrected chi connectivity index (χ3v) is 3.74. The lowest BCUT2D eigenvalue weighted by Crippen LogP contribution is -2.24. The van der Waals surface area contributed by atoms with Gasteiger partial charge in [0.05, 0.1) is 5.02 Å². The number of aryl methyl sites for hydroxylation is 1. The molecule has 1 aromatic carbocycles. The highest BCUT2D eigenvalue weighted by Gasteiger charge is 2.13. The Kier molecular flexibility index (Phi) is 5.57. The van der Waals surface area contributed by atoms with Crippen LogP contribution in [0.5, 0.6) is 0 Å². The van der Waals surface area contributed by atoms with Gasteiger partial charge in [-0.1, -0.05) is 48.4 Å². The molecule has 1 atom stereocenters. The van der Waals surface area contributed by atoms with E-state index in [-0.39, 0.29) is 6.04 Å². The summed E-state index contributed by atoms with van der Waals surface area (Å²) < 4.78 is 0. The molecule has 2 rings (SSSR count). The summed E-state index contributed by atoms with van der Waals surface area (Å²) in [5.74, 6) is 0. The van der Waals surface area contributed by atoms with Crippen LogP contribution >= 0.6 is 11.6 Å². The van der Waals surface area contributed by atoms with Gasteiger partial charge in [0.2, 0.25) is 0 Å². The second kappa shape index (κ2) is 7.41. The van der Waals surface area contributed by atoms with E-state index >= 15 is 0 Å².